The van der Waals surface area contributed by atoms with Gasteiger partial charge in [0, 0.05) is 12.7 Å². The van der Waals surface area contributed by atoms with Crippen LogP contribution in [0.2, 0.25) is 0 Å². The number of nitrogens with zero attached hydrogens (tertiary/aromatic N) is 2. The van der Waals surface area contributed by atoms with Crippen molar-refractivity contribution in [1.82, 2.24) is 15.2 Å². The molecule has 94 valence electrons. The summed E-state index contributed by atoms with van der Waals surface area (Å²) in [6.07, 6.45) is 5.91. The summed E-state index contributed by atoms with van der Waals surface area (Å²) in [5.41, 5.74) is 1.16. The van der Waals surface area contributed by atoms with E-state index in [4.69, 9.17) is 0 Å². The molecule has 1 saturated heterocycles. The molecule has 1 aromatic heterocycles. The van der Waals surface area contributed by atoms with Gasteiger partial charge in [0.25, 0.3) is 0 Å². The molecule has 3 heteroatoms. The molecule has 1 aliphatic rings. The fraction of sp³-hybridized carbons (Fsp3) is 0.643. The number of aromatic nitrogens is 1. The first-order valence-corrected chi connectivity index (χ1v) is 6.64. The van der Waals surface area contributed by atoms with Gasteiger partial charge in [-0.1, -0.05) is 6.07 Å². The monoisotopic (exact) mass is 233 g/mol. The lowest BCUT2D eigenvalue weighted by molar-refractivity contribution is 0.266. The molecule has 0 saturated carbocycles. The number of piperidine rings is 1. The Labute approximate surface area is 104 Å². The molecule has 2 heterocycles. The Morgan fingerprint density at radius 2 is 2.41 bits per heavy atom. The SMILES string of the molecule is CN(CCC1CCCNC1)Cc1ccccn1. The zero-order valence-electron chi connectivity index (χ0n) is 10.7. The molecule has 1 N–H and O–H groups in total. The van der Waals surface area contributed by atoms with Gasteiger partial charge in [-0.05, 0) is 64.0 Å². The third-order valence-corrected chi connectivity index (χ3v) is 3.48. The molecule has 1 fully saturated rings. The molecule has 1 aliphatic heterocycles. The summed E-state index contributed by atoms with van der Waals surface area (Å²) in [6.45, 7) is 4.54. The fourth-order valence-corrected chi connectivity index (χ4v) is 2.42. The van der Waals surface area contributed by atoms with Crippen molar-refractivity contribution in [2.45, 2.75) is 25.8 Å². The summed E-state index contributed by atoms with van der Waals surface area (Å²) in [4.78, 5) is 6.73. The molecule has 0 spiro atoms. The predicted octanol–water partition coefficient (Wildman–Crippen LogP) is 1.90. The number of pyridine rings is 1. The van der Waals surface area contributed by atoms with Crippen LogP contribution >= 0.6 is 0 Å². The number of nitrogens with one attached hydrogen (secondary N) is 1. The van der Waals surface area contributed by atoms with Crippen LogP contribution in [-0.2, 0) is 6.54 Å². The van der Waals surface area contributed by atoms with Gasteiger partial charge in [0.15, 0.2) is 0 Å². The van der Waals surface area contributed by atoms with E-state index in [1.54, 1.807) is 0 Å². The summed E-state index contributed by atoms with van der Waals surface area (Å²) < 4.78 is 0. The molecule has 0 amide bonds. The summed E-state index contributed by atoms with van der Waals surface area (Å²) in [6, 6.07) is 6.12. The second-order valence-corrected chi connectivity index (χ2v) is 5.06. The maximum absolute atomic E-state index is 4.36. The quantitative estimate of drug-likeness (QED) is 0.842. The smallest absolute Gasteiger partial charge is 0.0543 e. The standard InChI is InChI=1S/C14H23N3/c1-17(12-14-6-2-3-9-16-14)10-7-13-5-4-8-15-11-13/h2-3,6,9,13,15H,4-5,7-8,10-12H2,1H3. The van der Waals surface area contributed by atoms with Crippen LogP contribution in [0, 0.1) is 5.92 Å². The van der Waals surface area contributed by atoms with Crippen molar-refractivity contribution in [1.29, 1.82) is 0 Å². The number of hydrogen-bond donors (Lipinski definition) is 1. The molecule has 1 aromatic rings. The first kappa shape index (κ1) is 12.5. The van der Waals surface area contributed by atoms with Crippen LogP contribution in [0.1, 0.15) is 25.0 Å². The Kier molecular flexibility index (Phi) is 4.95. The Morgan fingerprint density at radius 3 is 3.12 bits per heavy atom. The van der Waals surface area contributed by atoms with Gasteiger partial charge in [0.05, 0.1) is 5.69 Å². The lowest BCUT2D eigenvalue weighted by Gasteiger charge is -2.25. The van der Waals surface area contributed by atoms with E-state index in [1.807, 2.05) is 12.3 Å². The minimum Gasteiger partial charge on any atom is -0.316 e. The third kappa shape index (κ3) is 4.44. The van der Waals surface area contributed by atoms with E-state index in [-0.39, 0.29) is 0 Å². The van der Waals surface area contributed by atoms with Gasteiger partial charge < -0.3 is 10.2 Å². The molecule has 2 rings (SSSR count). The summed E-state index contributed by atoms with van der Waals surface area (Å²) in [7, 11) is 2.19. The van der Waals surface area contributed by atoms with Crippen LogP contribution in [0.5, 0.6) is 0 Å². The van der Waals surface area contributed by atoms with E-state index in [0.29, 0.717) is 0 Å². The van der Waals surface area contributed by atoms with Crippen LogP contribution < -0.4 is 5.32 Å². The van der Waals surface area contributed by atoms with Crippen molar-refractivity contribution in [3.05, 3.63) is 30.1 Å². The fourth-order valence-electron chi connectivity index (χ4n) is 2.42. The van der Waals surface area contributed by atoms with Crippen molar-refractivity contribution >= 4 is 0 Å². The van der Waals surface area contributed by atoms with Crippen molar-refractivity contribution in [2.24, 2.45) is 5.92 Å². The summed E-state index contributed by atoms with van der Waals surface area (Å²) in [5.74, 6) is 0.870. The van der Waals surface area contributed by atoms with E-state index < -0.39 is 0 Å². The highest BCUT2D eigenvalue weighted by Gasteiger charge is 2.13. The molecule has 17 heavy (non-hydrogen) atoms. The van der Waals surface area contributed by atoms with Crippen LogP contribution in [0.25, 0.3) is 0 Å². The summed E-state index contributed by atoms with van der Waals surface area (Å²) in [5, 5.41) is 3.48. The minimum atomic E-state index is 0.870. The average Bonchev–Trinajstić information content (AvgIpc) is 2.39. The van der Waals surface area contributed by atoms with Crippen molar-refractivity contribution < 1.29 is 0 Å². The topological polar surface area (TPSA) is 28.2 Å². The second-order valence-electron chi connectivity index (χ2n) is 5.06. The van der Waals surface area contributed by atoms with Gasteiger partial charge in [-0.15, -0.1) is 0 Å². The zero-order chi connectivity index (χ0) is 11.9. The maximum atomic E-state index is 4.36. The first-order valence-electron chi connectivity index (χ1n) is 6.64. The van der Waals surface area contributed by atoms with Gasteiger partial charge >= 0.3 is 0 Å². The Bertz CT molecular complexity index is 307. The lowest BCUT2D eigenvalue weighted by atomic mass is 9.96. The first-order chi connectivity index (χ1) is 8.34. The van der Waals surface area contributed by atoms with Crippen LogP contribution in [0.15, 0.2) is 24.4 Å². The van der Waals surface area contributed by atoms with E-state index in [0.717, 1.165) is 18.2 Å². The lowest BCUT2D eigenvalue weighted by Crippen LogP contribution is -2.32. The van der Waals surface area contributed by atoms with Gasteiger partial charge in [0.1, 0.15) is 0 Å². The van der Waals surface area contributed by atoms with Crippen molar-refractivity contribution in [3.8, 4) is 0 Å². The molecule has 3 nitrogen and oxygen atoms in total. The normalized spacial score (nSPS) is 20.7. The molecule has 0 aliphatic carbocycles. The van der Waals surface area contributed by atoms with Crippen molar-refractivity contribution in [2.75, 3.05) is 26.7 Å². The summed E-state index contributed by atoms with van der Waals surface area (Å²) >= 11 is 0. The van der Waals surface area contributed by atoms with E-state index in [9.17, 15) is 0 Å². The molecule has 0 aromatic carbocycles. The molecular formula is C14H23N3. The van der Waals surface area contributed by atoms with Gasteiger partial charge in [0.2, 0.25) is 0 Å². The Hall–Kier alpha value is -0.930. The highest BCUT2D eigenvalue weighted by atomic mass is 15.1. The van der Waals surface area contributed by atoms with Gasteiger partial charge in [-0.2, -0.15) is 0 Å². The van der Waals surface area contributed by atoms with Crippen molar-refractivity contribution in [3.63, 3.8) is 0 Å². The predicted molar refractivity (Wildman–Crippen MR) is 70.8 cm³/mol. The number of hydrogen-bond acceptors (Lipinski definition) is 3. The minimum absolute atomic E-state index is 0.870. The average molecular weight is 233 g/mol. The van der Waals surface area contributed by atoms with E-state index in [1.165, 1.54) is 38.9 Å². The Balaban J connectivity index is 1.68. The van der Waals surface area contributed by atoms with Crippen LogP contribution in [0.3, 0.4) is 0 Å². The zero-order valence-corrected chi connectivity index (χ0v) is 10.7. The molecule has 1 atom stereocenters. The largest absolute Gasteiger partial charge is 0.316 e. The molecule has 0 bridgehead atoms. The molecule has 1 unspecified atom stereocenters. The van der Waals surface area contributed by atoms with Crippen LogP contribution in [-0.4, -0.2) is 36.6 Å². The highest BCUT2D eigenvalue weighted by Crippen LogP contribution is 2.14. The third-order valence-electron chi connectivity index (χ3n) is 3.48. The highest BCUT2D eigenvalue weighted by molar-refractivity contribution is 5.02. The molecular weight excluding hydrogens is 210 g/mol. The maximum Gasteiger partial charge on any atom is 0.0543 e. The second kappa shape index (κ2) is 6.72. The number of rotatable bonds is 5. The van der Waals surface area contributed by atoms with Crippen LogP contribution in [0.4, 0.5) is 0 Å². The van der Waals surface area contributed by atoms with E-state index >= 15 is 0 Å². The molecule has 0 radical (unpaired) electrons. The van der Waals surface area contributed by atoms with E-state index in [2.05, 4.69) is 34.4 Å². The Morgan fingerprint density at radius 1 is 1.47 bits per heavy atom. The van der Waals surface area contributed by atoms with Gasteiger partial charge in [-0.25, -0.2) is 0 Å². The van der Waals surface area contributed by atoms with Gasteiger partial charge in [-0.3, -0.25) is 4.98 Å².